The molecule has 0 aliphatic rings. The maximum absolute atomic E-state index is 12.9. The van der Waals surface area contributed by atoms with Crippen LogP contribution in [0.5, 0.6) is 0 Å². The van der Waals surface area contributed by atoms with Crippen molar-refractivity contribution >= 4 is 28.8 Å². The molecule has 0 spiro atoms. The normalized spacial score (nSPS) is 11.4. The van der Waals surface area contributed by atoms with E-state index in [1.807, 2.05) is 0 Å². The van der Waals surface area contributed by atoms with Crippen LogP contribution in [0.15, 0.2) is 24.3 Å². The number of nitrogen functional groups attached to an aromatic ring is 1. The van der Waals surface area contributed by atoms with E-state index in [-0.39, 0.29) is 22.5 Å². The van der Waals surface area contributed by atoms with Crippen LogP contribution in [0.1, 0.15) is 11.3 Å². The van der Waals surface area contributed by atoms with Gasteiger partial charge in [0.25, 0.3) is 0 Å². The molecule has 0 unspecified atom stereocenters. The van der Waals surface area contributed by atoms with Gasteiger partial charge in [-0.2, -0.15) is 18.2 Å². The maximum Gasteiger partial charge on any atom is 0.418 e. The van der Waals surface area contributed by atoms with Crippen molar-refractivity contribution in [2.24, 2.45) is 0 Å². The molecule has 4 nitrogen and oxygen atoms in total. The first-order chi connectivity index (χ1) is 9.29. The number of aryl methyl sites for hydroxylation is 1. The van der Waals surface area contributed by atoms with Crippen LogP contribution in [0.2, 0.25) is 5.28 Å². The van der Waals surface area contributed by atoms with Crippen molar-refractivity contribution in [1.29, 1.82) is 0 Å². The molecule has 3 N–H and O–H groups in total. The number of anilines is 3. The van der Waals surface area contributed by atoms with Gasteiger partial charge < -0.3 is 11.1 Å². The second-order valence-corrected chi connectivity index (χ2v) is 4.35. The molecule has 20 heavy (non-hydrogen) atoms. The van der Waals surface area contributed by atoms with Crippen LogP contribution >= 0.6 is 11.6 Å². The van der Waals surface area contributed by atoms with Crippen LogP contribution in [0.3, 0.4) is 0 Å². The highest BCUT2D eigenvalue weighted by atomic mass is 35.5. The van der Waals surface area contributed by atoms with Gasteiger partial charge in [0, 0.05) is 0 Å². The summed E-state index contributed by atoms with van der Waals surface area (Å²) in [5.74, 6) is 0.0409. The number of hydrogen-bond acceptors (Lipinski definition) is 4. The number of halogens is 4. The minimum Gasteiger partial charge on any atom is -0.394 e. The molecular weight excluding hydrogens is 293 g/mol. The van der Waals surface area contributed by atoms with Crippen molar-refractivity contribution in [2.45, 2.75) is 13.1 Å². The molecule has 0 bridgehead atoms. The van der Waals surface area contributed by atoms with Crippen LogP contribution in [0.4, 0.5) is 30.4 Å². The van der Waals surface area contributed by atoms with E-state index in [4.69, 9.17) is 17.3 Å². The molecule has 0 saturated carbocycles. The lowest BCUT2D eigenvalue weighted by Gasteiger charge is -2.15. The number of nitrogens with two attached hydrogens (primary N) is 1. The van der Waals surface area contributed by atoms with Crippen LogP contribution in [-0.2, 0) is 6.18 Å². The fourth-order valence-corrected chi connectivity index (χ4v) is 1.82. The van der Waals surface area contributed by atoms with Crippen molar-refractivity contribution in [3.8, 4) is 0 Å². The topological polar surface area (TPSA) is 63.8 Å². The third-order valence-corrected chi connectivity index (χ3v) is 2.76. The summed E-state index contributed by atoms with van der Waals surface area (Å²) in [6.45, 7) is 1.59. The molecule has 0 aliphatic heterocycles. The van der Waals surface area contributed by atoms with Crippen molar-refractivity contribution in [1.82, 2.24) is 9.97 Å². The quantitative estimate of drug-likeness (QED) is 0.829. The Balaban J connectivity index is 2.46. The largest absolute Gasteiger partial charge is 0.418 e. The summed E-state index contributed by atoms with van der Waals surface area (Å²) in [6, 6.07) is 5.03. The van der Waals surface area contributed by atoms with E-state index in [1.54, 1.807) is 6.92 Å². The zero-order valence-electron chi connectivity index (χ0n) is 10.3. The van der Waals surface area contributed by atoms with Crippen molar-refractivity contribution in [3.63, 3.8) is 0 Å². The SMILES string of the molecule is Cc1nc(Cl)nc(Nc2ccccc2C(F)(F)F)c1N. The Hall–Kier alpha value is -2.02. The number of benzene rings is 1. The lowest BCUT2D eigenvalue weighted by molar-refractivity contribution is -0.136. The minimum absolute atomic E-state index is 0.0409. The molecular formula is C12H10ClF3N4. The Bertz CT molecular complexity index is 643. The third kappa shape index (κ3) is 2.93. The highest BCUT2D eigenvalue weighted by Gasteiger charge is 2.33. The zero-order valence-corrected chi connectivity index (χ0v) is 11.0. The fraction of sp³-hybridized carbons (Fsp3) is 0.167. The maximum atomic E-state index is 12.9. The lowest BCUT2D eigenvalue weighted by atomic mass is 10.1. The number of nitrogens with one attached hydrogen (secondary N) is 1. The number of alkyl halides is 3. The molecule has 2 aromatic rings. The number of para-hydroxylation sites is 1. The Kier molecular flexibility index (Phi) is 3.71. The first kappa shape index (κ1) is 14.4. The molecule has 0 fully saturated rings. The molecule has 0 aliphatic carbocycles. The van der Waals surface area contributed by atoms with E-state index < -0.39 is 11.7 Å². The lowest BCUT2D eigenvalue weighted by Crippen LogP contribution is -2.10. The van der Waals surface area contributed by atoms with Crippen molar-refractivity contribution in [2.75, 3.05) is 11.1 Å². The second kappa shape index (κ2) is 5.16. The first-order valence-corrected chi connectivity index (χ1v) is 5.89. The van der Waals surface area contributed by atoms with Gasteiger partial charge in [0.1, 0.15) is 0 Å². The number of rotatable bonds is 2. The number of hydrogen-bond donors (Lipinski definition) is 2. The Morgan fingerprint density at radius 2 is 1.85 bits per heavy atom. The average molecular weight is 303 g/mol. The zero-order chi connectivity index (χ0) is 14.9. The molecule has 1 aromatic heterocycles. The van der Waals surface area contributed by atoms with Gasteiger partial charge in [0.2, 0.25) is 5.28 Å². The molecule has 2 rings (SSSR count). The summed E-state index contributed by atoms with van der Waals surface area (Å²) in [4.78, 5) is 7.62. The average Bonchev–Trinajstić information content (AvgIpc) is 2.34. The van der Waals surface area contributed by atoms with Crippen LogP contribution in [0.25, 0.3) is 0 Å². The predicted molar refractivity (Wildman–Crippen MR) is 70.9 cm³/mol. The van der Waals surface area contributed by atoms with Gasteiger partial charge in [-0.3, -0.25) is 0 Å². The van der Waals surface area contributed by atoms with E-state index in [0.29, 0.717) is 5.69 Å². The summed E-state index contributed by atoms with van der Waals surface area (Å²) in [5, 5.41) is 2.45. The van der Waals surface area contributed by atoms with Crippen LogP contribution in [0, 0.1) is 6.92 Å². The number of aromatic nitrogens is 2. The standard InChI is InChI=1S/C12H10ClF3N4/c1-6-9(17)10(20-11(13)18-6)19-8-5-3-2-4-7(8)12(14,15)16/h2-5H,17H2,1H3,(H,18,19,20). The van der Waals surface area contributed by atoms with Crippen molar-refractivity contribution in [3.05, 3.63) is 40.8 Å². The van der Waals surface area contributed by atoms with E-state index in [0.717, 1.165) is 6.07 Å². The molecule has 1 aromatic carbocycles. The van der Waals surface area contributed by atoms with Crippen LogP contribution in [-0.4, -0.2) is 9.97 Å². The molecule has 0 radical (unpaired) electrons. The van der Waals surface area contributed by atoms with Crippen LogP contribution < -0.4 is 11.1 Å². The summed E-state index contributed by atoms with van der Waals surface area (Å²) in [5.41, 5.74) is 5.30. The van der Waals surface area contributed by atoms with Gasteiger partial charge in [0.15, 0.2) is 5.82 Å². The van der Waals surface area contributed by atoms with E-state index in [9.17, 15) is 13.2 Å². The Morgan fingerprint density at radius 1 is 1.20 bits per heavy atom. The fourth-order valence-electron chi connectivity index (χ4n) is 1.61. The van der Waals surface area contributed by atoms with Crippen molar-refractivity contribution < 1.29 is 13.2 Å². The summed E-state index contributed by atoms with van der Waals surface area (Å²) < 4.78 is 38.6. The third-order valence-electron chi connectivity index (χ3n) is 2.59. The van der Waals surface area contributed by atoms with Gasteiger partial charge in [-0.1, -0.05) is 12.1 Å². The molecule has 0 atom stereocenters. The first-order valence-electron chi connectivity index (χ1n) is 5.52. The monoisotopic (exact) mass is 302 g/mol. The summed E-state index contributed by atoms with van der Waals surface area (Å²) in [6.07, 6.45) is -4.48. The van der Waals surface area contributed by atoms with Gasteiger partial charge in [-0.15, -0.1) is 0 Å². The predicted octanol–water partition coefficient (Wildman–Crippen LogP) is 3.78. The highest BCUT2D eigenvalue weighted by molar-refractivity contribution is 6.28. The molecule has 8 heteroatoms. The number of nitrogens with zero attached hydrogens (tertiary/aromatic N) is 2. The molecule has 106 valence electrons. The smallest absolute Gasteiger partial charge is 0.394 e. The van der Waals surface area contributed by atoms with Gasteiger partial charge >= 0.3 is 6.18 Å². The molecule has 1 heterocycles. The highest BCUT2D eigenvalue weighted by Crippen LogP contribution is 2.36. The van der Waals surface area contributed by atoms with E-state index in [1.165, 1.54) is 18.2 Å². The van der Waals surface area contributed by atoms with E-state index >= 15 is 0 Å². The summed E-state index contributed by atoms with van der Waals surface area (Å²) in [7, 11) is 0. The Labute approximate surface area is 117 Å². The second-order valence-electron chi connectivity index (χ2n) is 4.01. The summed E-state index contributed by atoms with van der Waals surface area (Å²) >= 11 is 5.68. The minimum atomic E-state index is -4.48. The Morgan fingerprint density at radius 3 is 2.50 bits per heavy atom. The van der Waals surface area contributed by atoms with Gasteiger partial charge in [-0.05, 0) is 30.7 Å². The van der Waals surface area contributed by atoms with E-state index in [2.05, 4.69) is 15.3 Å². The van der Waals surface area contributed by atoms with Gasteiger partial charge in [-0.25, -0.2) is 4.98 Å². The van der Waals surface area contributed by atoms with Gasteiger partial charge in [0.05, 0.1) is 22.6 Å². The molecule has 0 saturated heterocycles. The molecule has 0 amide bonds.